The van der Waals surface area contributed by atoms with Gasteiger partial charge in [-0.2, -0.15) is 0 Å². The number of nitrogen functional groups attached to an aromatic ring is 1. The minimum Gasteiger partial charge on any atom is -0.397 e. The van der Waals surface area contributed by atoms with Gasteiger partial charge in [-0.15, -0.1) is 0 Å². The second-order valence-corrected chi connectivity index (χ2v) is 6.59. The Hall–Kier alpha value is -2.79. The van der Waals surface area contributed by atoms with Gasteiger partial charge in [0.15, 0.2) is 0 Å². The monoisotopic (exact) mass is 333 g/mol. The van der Waals surface area contributed by atoms with Crippen LogP contribution in [0.25, 0.3) is 5.69 Å². The SMILES string of the molecule is Nc1ccc(-n2ccnc2)cc1NC1CCN(Cc2ccccc2)C1. The Bertz CT molecular complexity index is 813. The smallest absolute Gasteiger partial charge is 0.0991 e. The number of benzene rings is 2. The van der Waals surface area contributed by atoms with Crippen LogP contribution in [0.1, 0.15) is 12.0 Å². The number of hydrogen-bond donors (Lipinski definition) is 2. The fourth-order valence-electron chi connectivity index (χ4n) is 3.40. The lowest BCUT2D eigenvalue weighted by Gasteiger charge is -2.19. The summed E-state index contributed by atoms with van der Waals surface area (Å²) in [5.74, 6) is 0. The van der Waals surface area contributed by atoms with Gasteiger partial charge in [0, 0.05) is 43.8 Å². The molecular formula is C20H23N5. The predicted molar refractivity (Wildman–Crippen MR) is 102 cm³/mol. The van der Waals surface area contributed by atoms with E-state index in [2.05, 4.69) is 51.6 Å². The molecule has 1 unspecified atom stereocenters. The van der Waals surface area contributed by atoms with E-state index < -0.39 is 0 Å². The van der Waals surface area contributed by atoms with E-state index in [4.69, 9.17) is 5.73 Å². The largest absolute Gasteiger partial charge is 0.397 e. The normalized spacial score (nSPS) is 17.7. The minimum absolute atomic E-state index is 0.420. The minimum atomic E-state index is 0.420. The van der Waals surface area contributed by atoms with Crippen LogP contribution in [0.5, 0.6) is 0 Å². The molecule has 0 spiro atoms. The zero-order valence-electron chi connectivity index (χ0n) is 14.2. The molecule has 1 fully saturated rings. The third kappa shape index (κ3) is 3.67. The first-order chi connectivity index (χ1) is 12.3. The first-order valence-corrected chi connectivity index (χ1v) is 8.68. The van der Waals surface area contributed by atoms with Crippen molar-refractivity contribution in [1.82, 2.24) is 14.5 Å². The summed E-state index contributed by atoms with van der Waals surface area (Å²) in [7, 11) is 0. The van der Waals surface area contributed by atoms with Crippen molar-refractivity contribution >= 4 is 11.4 Å². The molecule has 1 aliphatic heterocycles. The molecular weight excluding hydrogens is 310 g/mol. The number of aromatic nitrogens is 2. The number of hydrogen-bond acceptors (Lipinski definition) is 4. The maximum absolute atomic E-state index is 6.18. The number of nitrogens with one attached hydrogen (secondary N) is 1. The maximum atomic E-state index is 6.18. The summed E-state index contributed by atoms with van der Waals surface area (Å²) in [5.41, 5.74) is 10.4. The third-order valence-electron chi connectivity index (χ3n) is 4.72. The lowest BCUT2D eigenvalue weighted by molar-refractivity contribution is 0.328. The van der Waals surface area contributed by atoms with Gasteiger partial charge in [-0.05, 0) is 30.2 Å². The number of anilines is 2. The van der Waals surface area contributed by atoms with Crippen LogP contribution in [0.15, 0.2) is 67.3 Å². The van der Waals surface area contributed by atoms with Gasteiger partial charge in [-0.25, -0.2) is 4.98 Å². The molecule has 25 heavy (non-hydrogen) atoms. The van der Waals surface area contributed by atoms with Crippen LogP contribution < -0.4 is 11.1 Å². The Morgan fingerprint density at radius 1 is 1.16 bits per heavy atom. The Morgan fingerprint density at radius 2 is 2.04 bits per heavy atom. The van der Waals surface area contributed by atoms with E-state index in [-0.39, 0.29) is 0 Å². The van der Waals surface area contributed by atoms with Crippen molar-refractivity contribution in [2.45, 2.75) is 19.0 Å². The number of nitrogens with two attached hydrogens (primary N) is 1. The molecule has 4 rings (SSSR count). The van der Waals surface area contributed by atoms with Crippen LogP contribution in [0.4, 0.5) is 11.4 Å². The van der Waals surface area contributed by atoms with E-state index >= 15 is 0 Å². The molecule has 5 heteroatoms. The summed E-state index contributed by atoms with van der Waals surface area (Å²) in [4.78, 5) is 6.60. The van der Waals surface area contributed by atoms with E-state index in [1.165, 1.54) is 5.56 Å². The fourth-order valence-corrected chi connectivity index (χ4v) is 3.40. The second kappa shape index (κ2) is 6.99. The molecule has 0 saturated carbocycles. The summed E-state index contributed by atoms with van der Waals surface area (Å²) in [6, 6.07) is 17.1. The van der Waals surface area contributed by atoms with Crippen LogP contribution in [0.3, 0.4) is 0 Å². The molecule has 1 atom stereocenters. The summed E-state index contributed by atoms with van der Waals surface area (Å²) < 4.78 is 1.99. The average Bonchev–Trinajstić information content (AvgIpc) is 3.30. The molecule has 0 radical (unpaired) electrons. The van der Waals surface area contributed by atoms with E-state index in [1.807, 2.05) is 22.9 Å². The van der Waals surface area contributed by atoms with E-state index in [0.29, 0.717) is 6.04 Å². The van der Waals surface area contributed by atoms with Crippen molar-refractivity contribution < 1.29 is 0 Å². The topological polar surface area (TPSA) is 59.1 Å². The molecule has 3 aromatic rings. The molecule has 128 valence electrons. The lowest BCUT2D eigenvalue weighted by Crippen LogP contribution is -2.26. The molecule has 0 bridgehead atoms. The predicted octanol–water partition coefficient (Wildman–Crippen LogP) is 3.14. The molecule has 0 amide bonds. The molecule has 2 heterocycles. The number of likely N-dealkylation sites (tertiary alicyclic amines) is 1. The Morgan fingerprint density at radius 3 is 2.84 bits per heavy atom. The molecule has 2 aromatic carbocycles. The Kier molecular flexibility index (Phi) is 4.39. The summed E-state index contributed by atoms with van der Waals surface area (Å²) in [6.45, 7) is 3.14. The van der Waals surface area contributed by atoms with Gasteiger partial charge in [0.25, 0.3) is 0 Å². The van der Waals surface area contributed by atoms with Crippen molar-refractivity contribution in [3.8, 4) is 5.69 Å². The quantitative estimate of drug-likeness (QED) is 0.704. The fraction of sp³-hybridized carbons (Fsp3) is 0.250. The summed E-state index contributed by atoms with van der Waals surface area (Å²) in [6.07, 6.45) is 6.64. The molecule has 1 aliphatic rings. The summed E-state index contributed by atoms with van der Waals surface area (Å²) in [5, 5.41) is 3.63. The van der Waals surface area contributed by atoms with Crippen molar-refractivity contribution in [2.75, 3.05) is 24.1 Å². The zero-order chi connectivity index (χ0) is 17.1. The lowest BCUT2D eigenvalue weighted by atomic mass is 10.2. The number of nitrogens with zero attached hydrogens (tertiary/aromatic N) is 3. The Labute approximate surface area is 148 Å². The van der Waals surface area contributed by atoms with Crippen LogP contribution in [-0.4, -0.2) is 33.6 Å². The van der Waals surface area contributed by atoms with E-state index in [1.54, 1.807) is 12.5 Å². The van der Waals surface area contributed by atoms with Gasteiger partial charge in [0.1, 0.15) is 0 Å². The summed E-state index contributed by atoms with van der Waals surface area (Å²) >= 11 is 0. The van der Waals surface area contributed by atoms with Gasteiger partial charge >= 0.3 is 0 Å². The first kappa shape index (κ1) is 15.7. The molecule has 3 N–H and O–H groups in total. The number of rotatable bonds is 5. The highest BCUT2D eigenvalue weighted by atomic mass is 15.2. The van der Waals surface area contributed by atoms with Crippen LogP contribution >= 0.6 is 0 Å². The van der Waals surface area contributed by atoms with Crippen molar-refractivity contribution in [3.05, 3.63) is 72.8 Å². The molecule has 1 saturated heterocycles. The third-order valence-corrected chi connectivity index (χ3v) is 4.72. The highest BCUT2D eigenvalue weighted by Crippen LogP contribution is 2.25. The standard InChI is InChI=1S/C20H23N5/c21-19-7-6-18(25-11-9-22-15-25)12-20(19)23-17-8-10-24(14-17)13-16-4-2-1-3-5-16/h1-7,9,11-12,15,17,23H,8,10,13-14,21H2. The molecule has 5 nitrogen and oxygen atoms in total. The van der Waals surface area contributed by atoms with Crippen LogP contribution in [-0.2, 0) is 6.54 Å². The molecule has 1 aromatic heterocycles. The van der Waals surface area contributed by atoms with Crippen molar-refractivity contribution in [3.63, 3.8) is 0 Å². The van der Waals surface area contributed by atoms with Gasteiger partial charge in [-0.3, -0.25) is 4.90 Å². The van der Waals surface area contributed by atoms with E-state index in [9.17, 15) is 0 Å². The first-order valence-electron chi connectivity index (χ1n) is 8.68. The van der Waals surface area contributed by atoms with Gasteiger partial charge in [0.05, 0.1) is 17.7 Å². The van der Waals surface area contributed by atoms with Crippen LogP contribution in [0.2, 0.25) is 0 Å². The Balaban J connectivity index is 1.42. The average molecular weight is 333 g/mol. The number of imidazole rings is 1. The van der Waals surface area contributed by atoms with E-state index in [0.717, 1.165) is 43.1 Å². The van der Waals surface area contributed by atoms with Gasteiger partial charge in [0.2, 0.25) is 0 Å². The van der Waals surface area contributed by atoms with Gasteiger partial charge in [-0.1, -0.05) is 30.3 Å². The highest BCUT2D eigenvalue weighted by Gasteiger charge is 2.22. The zero-order valence-corrected chi connectivity index (χ0v) is 14.2. The second-order valence-electron chi connectivity index (χ2n) is 6.59. The van der Waals surface area contributed by atoms with Crippen LogP contribution in [0, 0.1) is 0 Å². The van der Waals surface area contributed by atoms with Crippen molar-refractivity contribution in [1.29, 1.82) is 0 Å². The maximum Gasteiger partial charge on any atom is 0.0991 e. The van der Waals surface area contributed by atoms with Gasteiger partial charge < -0.3 is 15.6 Å². The highest BCUT2D eigenvalue weighted by molar-refractivity contribution is 5.69. The molecule has 0 aliphatic carbocycles. The van der Waals surface area contributed by atoms with Crippen molar-refractivity contribution in [2.24, 2.45) is 0 Å².